The maximum Gasteiger partial charge on any atom is 0.376 e. The van der Waals surface area contributed by atoms with Crippen LogP contribution in [0.3, 0.4) is 0 Å². The Morgan fingerprint density at radius 1 is 1.15 bits per heavy atom. The molecule has 0 amide bonds. The van der Waals surface area contributed by atoms with E-state index in [1.165, 1.54) is 10.6 Å². The molecule has 0 saturated carbocycles. The van der Waals surface area contributed by atoms with Gasteiger partial charge >= 0.3 is 11.2 Å². The number of pyridine rings is 1. The van der Waals surface area contributed by atoms with Crippen molar-refractivity contribution in [3.63, 3.8) is 0 Å². The van der Waals surface area contributed by atoms with Crippen molar-refractivity contribution in [3.05, 3.63) is 74.7 Å². The normalized spacial score (nSPS) is 10.8. The third-order valence-electron chi connectivity index (χ3n) is 4.38. The van der Waals surface area contributed by atoms with Gasteiger partial charge in [-0.1, -0.05) is 18.2 Å². The maximum absolute atomic E-state index is 12.6. The Balaban J connectivity index is 2.06. The lowest BCUT2D eigenvalue weighted by Crippen LogP contribution is -2.29. The van der Waals surface area contributed by atoms with Crippen molar-refractivity contribution in [2.24, 2.45) is 0 Å². The lowest BCUT2D eigenvalue weighted by Gasteiger charge is -2.22. The molecular formula is C19H21N5O3. The molecular weight excluding hydrogens is 346 g/mol. The minimum atomic E-state index is -0.679. The smallest absolute Gasteiger partial charge is 0.376 e. The first kappa shape index (κ1) is 18.4. The maximum atomic E-state index is 12.6. The quantitative estimate of drug-likeness (QED) is 0.492. The van der Waals surface area contributed by atoms with Crippen LogP contribution in [0.25, 0.3) is 5.65 Å². The van der Waals surface area contributed by atoms with Crippen molar-refractivity contribution in [1.29, 1.82) is 0 Å². The number of rotatable bonds is 6. The van der Waals surface area contributed by atoms with Gasteiger partial charge in [0.2, 0.25) is 5.82 Å². The average Bonchev–Trinajstić information content (AvgIpc) is 2.66. The molecule has 8 heteroatoms. The summed E-state index contributed by atoms with van der Waals surface area (Å²) in [5.74, 6) is 0.0930. The minimum Gasteiger partial charge on any atom is -0.378 e. The van der Waals surface area contributed by atoms with Crippen LogP contribution in [0.4, 0.5) is 17.2 Å². The molecule has 0 atom stereocenters. The van der Waals surface area contributed by atoms with Gasteiger partial charge in [0.25, 0.3) is 0 Å². The Bertz CT molecular complexity index is 1030. The van der Waals surface area contributed by atoms with E-state index >= 15 is 0 Å². The Hall–Kier alpha value is -3.42. The standard InChI is InChI=1S/C19H21N5O3/c1-4-22(13-14-8-10-15(11-9-14)21(2)3)18-17(24(26)27)19(25)23-12-6-5-7-16(23)20-18/h5-12H,4,13H2,1-3H3. The fraction of sp³-hybridized carbons (Fsp3) is 0.263. The molecule has 0 aliphatic rings. The van der Waals surface area contributed by atoms with Crippen molar-refractivity contribution in [2.45, 2.75) is 13.5 Å². The summed E-state index contributed by atoms with van der Waals surface area (Å²) in [4.78, 5) is 31.7. The van der Waals surface area contributed by atoms with E-state index in [4.69, 9.17) is 0 Å². The van der Waals surface area contributed by atoms with Crippen LogP contribution in [-0.2, 0) is 6.54 Å². The highest BCUT2D eigenvalue weighted by Gasteiger charge is 2.27. The van der Waals surface area contributed by atoms with Gasteiger partial charge in [-0.15, -0.1) is 0 Å². The predicted octanol–water partition coefficient (Wildman–Crippen LogP) is 2.70. The molecule has 3 rings (SSSR count). The summed E-state index contributed by atoms with van der Waals surface area (Å²) in [7, 11) is 3.92. The summed E-state index contributed by atoms with van der Waals surface area (Å²) in [5.41, 5.74) is 1.23. The summed E-state index contributed by atoms with van der Waals surface area (Å²) < 4.78 is 1.20. The Morgan fingerprint density at radius 2 is 1.85 bits per heavy atom. The number of benzene rings is 1. The molecule has 140 valence electrons. The lowest BCUT2D eigenvalue weighted by molar-refractivity contribution is -0.385. The van der Waals surface area contributed by atoms with Gasteiger partial charge in [0.1, 0.15) is 5.65 Å². The van der Waals surface area contributed by atoms with Gasteiger partial charge in [-0.3, -0.25) is 19.3 Å². The molecule has 0 spiro atoms. The predicted molar refractivity (Wildman–Crippen MR) is 106 cm³/mol. The summed E-state index contributed by atoms with van der Waals surface area (Å²) in [6.07, 6.45) is 1.48. The molecule has 2 aromatic heterocycles. The molecule has 3 aromatic rings. The molecule has 0 bridgehead atoms. The zero-order valence-corrected chi connectivity index (χ0v) is 15.5. The molecule has 0 N–H and O–H groups in total. The molecule has 27 heavy (non-hydrogen) atoms. The highest BCUT2D eigenvalue weighted by molar-refractivity contribution is 5.61. The average molecular weight is 367 g/mol. The third kappa shape index (κ3) is 3.59. The van der Waals surface area contributed by atoms with Crippen molar-refractivity contribution in [1.82, 2.24) is 9.38 Å². The Kier molecular flexibility index (Phi) is 5.07. The van der Waals surface area contributed by atoms with Gasteiger partial charge in [0.05, 0.1) is 4.92 Å². The van der Waals surface area contributed by atoms with E-state index in [2.05, 4.69) is 4.98 Å². The Labute approximate surface area is 156 Å². The number of anilines is 2. The number of hydrogen-bond donors (Lipinski definition) is 0. The topological polar surface area (TPSA) is 84.0 Å². The lowest BCUT2D eigenvalue weighted by atomic mass is 10.2. The van der Waals surface area contributed by atoms with E-state index in [1.54, 1.807) is 23.1 Å². The van der Waals surface area contributed by atoms with E-state index in [0.29, 0.717) is 18.7 Å². The molecule has 2 heterocycles. The largest absolute Gasteiger partial charge is 0.378 e. The highest BCUT2D eigenvalue weighted by Crippen LogP contribution is 2.25. The van der Waals surface area contributed by atoms with Crippen molar-refractivity contribution >= 4 is 22.8 Å². The second-order valence-corrected chi connectivity index (χ2v) is 6.35. The third-order valence-corrected chi connectivity index (χ3v) is 4.38. The van der Waals surface area contributed by atoms with Crippen LogP contribution in [0.1, 0.15) is 12.5 Å². The molecule has 0 unspecified atom stereocenters. The van der Waals surface area contributed by atoms with E-state index in [1.807, 2.05) is 50.2 Å². The monoisotopic (exact) mass is 367 g/mol. The van der Waals surface area contributed by atoms with Gasteiger partial charge < -0.3 is 9.80 Å². The zero-order valence-electron chi connectivity index (χ0n) is 15.5. The van der Waals surface area contributed by atoms with Crippen LogP contribution in [-0.4, -0.2) is 34.9 Å². The number of aromatic nitrogens is 2. The van der Waals surface area contributed by atoms with Crippen LogP contribution in [0.15, 0.2) is 53.5 Å². The molecule has 0 radical (unpaired) electrons. The van der Waals surface area contributed by atoms with Crippen LogP contribution in [0.5, 0.6) is 0 Å². The van der Waals surface area contributed by atoms with Crippen molar-refractivity contribution in [2.75, 3.05) is 30.4 Å². The first-order chi connectivity index (χ1) is 12.9. The number of nitro groups is 1. The molecule has 1 aromatic carbocycles. The number of hydrogen-bond acceptors (Lipinski definition) is 6. The van der Waals surface area contributed by atoms with Gasteiger partial charge in [-0.05, 0) is 36.8 Å². The van der Waals surface area contributed by atoms with Crippen LogP contribution >= 0.6 is 0 Å². The minimum absolute atomic E-state index is 0.0930. The van der Waals surface area contributed by atoms with Crippen LogP contribution in [0.2, 0.25) is 0 Å². The summed E-state index contributed by atoms with van der Waals surface area (Å²) in [6, 6.07) is 13.0. The van der Waals surface area contributed by atoms with Gasteiger partial charge in [-0.25, -0.2) is 4.98 Å². The summed E-state index contributed by atoms with van der Waals surface area (Å²) in [6.45, 7) is 2.78. The van der Waals surface area contributed by atoms with E-state index in [0.717, 1.165) is 11.3 Å². The fourth-order valence-corrected chi connectivity index (χ4v) is 2.90. The van der Waals surface area contributed by atoms with E-state index in [9.17, 15) is 14.9 Å². The zero-order chi connectivity index (χ0) is 19.6. The van der Waals surface area contributed by atoms with Crippen LogP contribution in [0, 0.1) is 10.1 Å². The van der Waals surface area contributed by atoms with Crippen molar-refractivity contribution < 1.29 is 4.92 Å². The molecule has 0 fully saturated rings. The first-order valence-corrected chi connectivity index (χ1v) is 8.59. The summed E-state index contributed by atoms with van der Waals surface area (Å²) >= 11 is 0. The number of fused-ring (bicyclic) bond motifs is 1. The fourth-order valence-electron chi connectivity index (χ4n) is 2.90. The molecule has 0 saturated heterocycles. The van der Waals surface area contributed by atoms with E-state index < -0.39 is 16.2 Å². The SMILES string of the molecule is CCN(Cc1ccc(N(C)C)cc1)c1nc2ccccn2c(=O)c1[N+](=O)[O-]. The van der Waals surface area contributed by atoms with Gasteiger partial charge in [0.15, 0.2) is 0 Å². The summed E-state index contributed by atoms with van der Waals surface area (Å²) in [5, 5.41) is 11.6. The van der Waals surface area contributed by atoms with Crippen LogP contribution < -0.4 is 15.4 Å². The molecule has 0 aliphatic carbocycles. The van der Waals surface area contributed by atoms with E-state index in [-0.39, 0.29) is 5.82 Å². The number of nitrogens with zero attached hydrogens (tertiary/aromatic N) is 5. The second-order valence-electron chi connectivity index (χ2n) is 6.35. The van der Waals surface area contributed by atoms with Gasteiger partial charge in [-0.2, -0.15) is 0 Å². The first-order valence-electron chi connectivity index (χ1n) is 8.59. The molecule has 0 aliphatic heterocycles. The Morgan fingerprint density at radius 3 is 2.44 bits per heavy atom. The van der Waals surface area contributed by atoms with Gasteiger partial charge in [0, 0.05) is 39.1 Å². The van der Waals surface area contributed by atoms with Crippen molar-refractivity contribution in [3.8, 4) is 0 Å². The second kappa shape index (κ2) is 7.45. The highest BCUT2D eigenvalue weighted by atomic mass is 16.6. The molecule has 8 nitrogen and oxygen atoms in total.